The van der Waals surface area contributed by atoms with E-state index in [9.17, 15) is 4.79 Å². The molecule has 1 amide bonds. The fourth-order valence-electron chi connectivity index (χ4n) is 1.76. The minimum Gasteiger partial charge on any atom is -0.383 e. The number of aromatic nitrogens is 2. The summed E-state index contributed by atoms with van der Waals surface area (Å²) in [6.45, 7) is 3.01. The summed E-state index contributed by atoms with van der Waals surface area (Å²) in [4.78, 5) is 13.6. The first-order valence-electron chi connectivity index (χ1n) is 5.14. The second kappa shape index (κ2) is 3.56. The molecule has 2 rings (SSSR count). The van der Waals surface area contributed by atoms with Crippen LogP contribution in [0.2, 0.25) is 0 Å². The van der Waals surface area contributed by atoms with Gasteiger partial charge < -0.3 is 10.6 Å². The second-order valence-corrected chi connectivity index (χ2v) is 4.36. The Morgan fingerprint density at radius 1 is 1.80 bits per heavy atom. The summed E-state index contributed by atoms with van der Waals surface area (Å²) in [5, 5.41) is 6.30. The molecule has 0 aromatic carbocycles. The van der Waals surface area contributed by atoms with Crippen molar-refractivity contribution in [1.29, 1.82) is 0 Å². The lowest BCUT2D eigenvalue weighted by atomic mass is 10.2. The molecule has 1 saturated carbocycles. The number of hydrogen-bond acceptors (Lipinski definition) is 3. The molecule has 5 nitrogen and oxygen atoms in total. The third-order valence-corrected chi connectivity index (χ3v) is 3.03. The summed E-state index contributed by atoms with van der Waals surface area (Å²) in [5.41, 5.74) is 6.05. The van der Waals surface area contributed by atoms with E-state index in [1.165, 1.54) is 12.6 Å². The molecule has 1 aromatic rings. The Morgan fingerprint density at radius 3 is 2.93 bits per heavy atom. The van der Waals surface area contributed by atoms with Crippen molar-refractivity contribution in [3.8, 4) is 0 Å². The standard InChI is InChI=1S/C10H16N4O/c1-6-3-7(6)5-14(2)10(15)8-4-12-13-9(8)11/h4,6-7H,3,5H2,1-2H3,(H3,11,12,13). The van der Waals surface area contributed by atoms with Gasteiger partial charge in [0.15, 0.2) is 0 Å². The van der Waals surface area contributed by atoms with E-state index >= 15 is 0 Å². The van der Waals surface area contributed by atoms with E-state index in [0.29, 0.717) is 17.3 Å². The molecule has 0 spiro atoms. The molecule has 1 heterocycles. The van der Waals surface area contributed by atoms with E-state index in [-0.39, 0.29) is 5.91 Å². The van der Waals surface area contributed by atoms with Crippen LogP contribution in [0.3, 0.4) is 0 Å². The number of nitrogen functional groups attached to an aromatic ring is 1. The topological polar surface area (TPSA) is 75.0 Å². The number of carbonyl (C=O) groups excluding carboxylic acids is 1. The van der Waals surface area contributed by atoms with Crippen molar-refractivity contribution in [2.45, 2.75) is 13.3 Å². The maximum atomic E-state index is 11.9. The van der Waals surface area contributed by atoms with Crippen LogP contribution >= 0.6 is 0 Å². The Labute approximate surface area is 88.6 Å². The zero-order valence-electron chi connectivity index (χ0n) is 9.03. The van der Waals surface area contributed by atoms with Gasteiger partial charge in [-0.15, -0.1) is 0 Å². The van der Waals surface area contributed by atoms with Crippen LogP contribution in [-0.4, -0.2) is 34.6 Å². The van der Waals surface area contributed by atoms with E-state index in [4.69, 9.17) is 5.73 Å². The van der Waals surface area contributed by atoms with Crippen molar-refractivity contribution in [2.75, 3.05) is 19.3 Å². The lowest BCUT2D eigenvalue weighted by Crippen LogP contribution is -2.29. The van der Waals surface area contributed by atoms with Gasteiger partial charge in [0.05, 0.1) is 6.20 Å². The van der Waals surface area contributed by atoms with E-state index in [1.807, 2.05) is 0 Å². The summed E-state index contributed by atoms with van der Waals surface area (Å²) in [5.74, 6) is 1.70. The van der Waals surface area contributed by atoms with E-state index in [0.717, 1.165) is 12.5 Å². The number of H-pyrrole nitrogens is 1. The fourth-order valence-corrected chi connectivity index (χ4v) is 1.76. The number of carbonyl (C=O) groups is 1. The molecular weight excluding hydrogens is 192 g/mol. The van der Waals surface area contributed by atoms with Crippen LogP contribution in [0.1, 0.15) is 23.7 Å². The van der Waals surface area contributed by atoms with Gasteiger partial charge in [-0.2, -0.15) is 5.10 Å². The van der Waals surface area contributed by atoms with Gasteiger partial charge in [-0.25, -0.2) is 0 Å². The molecule has 0 aliphatic heterocycles. The van der Waals surface area contributed by atoms with Crippen LogP contribution in [0.5, 0.6) is 0 Å². The first-order chi connectivity index (χ1) is 7.09. The average Bonchev–Trinajstić information content (AvgIpc) is 2.72. The van der Waals surface area contributed by atoms with Crippen molar-refractivity contribution in [3.05, 3.63) is 11.8 Å². The Kier molecular flexibility index (Phi) is 2.38. The first kappa shape index (κ1) is 10.0. The Bertz CT molecular complexity index is 373. The van der Waals surface area contributed by atoms with Gasteiger partial charge in [0.25, 0.3) is 5.91 Å². The lowest BCUT2D eigenvalue weighted by Gasteiger charge is -2.16. The minimum absolute atomic E-state index is 0.0552. The molecule has 0 radical (unpaired) electrons. The Balaban J connectivity index is 1.98. The van der Waals surface area contributed by atoms with Gasteiger partial charge in [-0.1, -0.05) is 6.92 Å². The molecule has 1 aromatic heterocycles. The Hall–Kier alpha value is -1.52. The van der Waals surface area contributed by atoms with E-state index in [1.54, 1.807) is 11.9 Å². The van der Waals surface area contributed by atoms with Gasteiger partial charge in [0.1, 0.15) is 11.4 Å². The highest BCUT2D eigenvalue weighted by molar-refractivity contribution is 5.97. The smallest absolute Gasteiger partial charge is 0.258 e. The maximum absolute atomic E-state index is 11.9. The largest absolute Gasteiger partial charge is 0.383 e. The zero-order chi connectivity index (χ0) is 11.0. The number of rotatable bonds is 3. The number of hydrogen-bond donors (Lipinski definition) is 2. The third kappa shape index (κ3) is 1.95. The van der Waals surface area contributed by atoms with Crippen molar-refractivity contribution >= 4 is 11.7 Å². The van der Waals surface area contributed by atoms with Crippen molar-refractivity contribution in [1.82, 2.24) is 15.1 Å². The number of nitrogens with two attached hydrogens (primary N) is 1. The van der Waals surface area contributed by atoms with Crippen LogP contribution < -0.4 is 5.73 Å². The molecular formula is C10H16N4O. The zero-order valence-corrected chi connectivity index (χ0v) is 9.03. The Morgan fingerprint density at radius 2 is 2.47 bits per heavy atom. The minimum atomic E-state index is -0.0552. The summed E-state index contributed by atoms with van der Waals surface area (Å²) in [6.07, 6.45) is 2.70. The second-order valence-electron chi connectivity index (χ2n) is 4.36. The monoisotopic (exact) mass is 208 g/mol. The van der Waals surface area contributed by atoms with Crippen LogP contribution in [0.15, 0.2) is 6.20 Å². The van der Waals surface area contributed by atoms with E-state index < -0.39 is 0 Å². The van der Waals surface area contributed by atoms with Gasteiger partial charge >= 0.3 is 0 Å². The van der Waals surface area contributed by atoms with Crippen LogP contribution in [-0.2, 0) is 0 Å². The van der Waals surface area contributed by atoms with Crippen LogP contribution in [0, 0.1) is 11.8 Å². The molecule has 82 valence electrons. The van der Waals surface area contributed by atoms with Gasteiger partial charge in [-0.05, 0) is 18.3 Å². The fraction of sp³-hybridized carbons (Fsp3) is 0.600. The molecule has 2 atom stereocenters. The normalized spacial score (nSPS) is 23.9. The van der Waals surface area contributed by atoms with Crippen molar-refractivity contribution in [3.63, 3.8) is 0 Å². The number of amides is 1. The summed E-state index contributed by atoms with van der Waals surface area (Å²) < 4.78 is 0. The van der Waals surface area contributed by atoms with Crippen LogP contribution in [0.4, 0.5) is 5.82 Å². The SMILES string of the molecule is CC1CC1CN(C)C(=O)c1cn[nH]c1N. The maximum Gasteiger partial charge on any atom is 0.258 e. The molecule has 3 N–H and O–H groups in total. The van der Waals surface area contributed by atoms with Gasteiger partial charge in [-0.3, -0.25) is 9.89 Å². The molecule has 0 bridgehead atoms. The molecule has 0 saturated heterocycles. The number of anilines is 1. The molecule has 1 fully saturated rings. The molecule has 2 unspecified atom stereocenters. The van der Waals surface area contributed by atoms with Gasteiger partial charge in [0, 0.05) is 13.6 Å². The molecule has 1 aliphatic carbocycles. The molecule has 15 heavy (non-hydrogen) atoms. The predicted molar refractivity (Wildman–Crippen MR) is 57.2 cm³/mol. The van der Waals surface area contributed by atoms with Gasteiger partial charge in [0.2, 0.25) is 0 Å². The highest BCUT2D eigenvalue weighted by Crippen LogP contribution is 2.38. The molecule has 5 heteroatoms. The quantitative estimate of drug-likeness (QED) is 0.768. The summed E-state index contributed by atoms with van der Waals surface area (Å²) >= 11 is 0. The average molecular weight is 208 g/mol. The highest BCUT2D eigenvalue weighted by Gasteiger charge is 2.34. The van der Waals surface area contributed by atoms with Crippen molar-refractivity contribution in [2.24, 2.45) is 11.8 Å². The predicted octanol–water partition coefficient (Wildman–Crippen LogP) is 0.720. The third-order valence-electron chi connectivity index (χ3n) is 3.03. The first-order valence-corrected chi connectivity index (χ1v) is 5.14. The number of nitrogens with one attached hydrogen (secondary N) is 1. The van der Waals surface area contributed by atoms with Crippen molar-refractivity contribution < 1.29 is 4.79 Å². The lowest BCUT2D eigenvalue weighted by molar-refractivity contribution is 0.0788. The number of nitrogens with zero attached hydrogens (tertiary/aromatic N) is 2. The van der Waals surface area contributed by atoms with Crippen LogP contribution in [0.25, 0.3) is 0 Å². The summed E-state index contributed by atoms with van der Waals surface area (Å²) in [7, 11) is 1.81. The summed E-state index contributed by atoms with van der Waals surface area (Å²) in [6, 6.07) is 0. The van der Waals surface area contributed by atoms with E-state index in [2.05, 4.69) is 17.1 Å². The highest BCUT2D eigenvalue weighted by atomic mass is 16.2. The molecule has 1 aliphatic rings. The number of aromatic amines is 1.